The van der Waals surface area contributed by atoms with Gasteiger partial charge in [-0.2, -0.15) is 0 Å². The molecule has 0 amide bonds. The van der Waals surface area contributed by atoms with Gasteiger partial charge in [-0.3, -0.25) is 0 Å². The van der Waals surface area contributed by atoms with E-state index in [1.54, 1.807) is 0 Å². The minimum absolute atomic E-state index is 0.488. The molecule has 4 nitrogen and oxygen atoms in total. The highest BCUT2D eigenvalue weighted by Crippen LogP contribution is 2.12. The van der Waals surface area contributed by atoms with E-state index in [0.717, 1.165) is 19.5 Å². The second kappa shape index (κ2) is 6.61. The maximum Gasteiger partial charge on any atom is 0.208 e. The van der Waals surface area contributed by atoms with Gasteiger partial charge in [0.1, 0.15) is 0 Å². The number of hydrogen-bond acceptors (Lipinski definition) is 3. The molecular formula is C12H20N2O2S. The fourth-order valence-corrected chi connectivity index (χ4v) is 2.15. The molecule has 0 aliphatic carbocycles. The highest BCUT2D eigenvalue weighted by molar-refractivity contribution is 7.88. The van der Waals surface area contributed by atoms with Crippen molar-refractivity contribution in [2.45, 2.75) is 13.3 Å². The molecule has 0 bridgehead atoms. The Balaban J connectivity index is 2.39. The van der Waals surface area contributed by atoms with Gasteiger partial charge in [0.05, 0.1) is 6.26 Å². The van der Waals surface area contributed by atoms with Crippen molar-refractivity contribution in [3.8, 4) is 0 Å². The van der Waals surface area contributed by atoms with Crippen LogP contribution in [0.2, 0.25) is 0 Å². The smallest absolute Gasteiger partial charge is 0.208 e. The summed E-state index contributed by atoms with van der Waals surface area (Å²) in [4.78, 5) is 2.23. The number of para-hydroxylation sites is 1. The molecule has 0 saturated heterocycles. The minimum atomic E-state index is -3.06. The predicted molar refractivity (Wildman–Crippen MR) is 71.8 cm³/mol. The molecule has 0 aliphatic rings. The molecule has 0 atom stereocenters. The summed E-state index contributed by atoms with van der Waals surface area (Å²) in [5.74, 6) is 0. The zero-order valence-electron chi connectivity index (χ0n) is 10.4. The topological polar surface area (TPSA) is 49.4 Å². The van der Waals surface area contributed by atoms with Crippen molar-refractivity contribution in [2.75, 3.05) is 30.8 Å². The first-order chi connectivity index (χ1) is 8.03. The van der Waals surface area contributed by atoms with Crippen molar-refractivity contribution in [1.82, 2.24) is 4.72 Å². The fourth-order valence-electron chi connectivity index (χ4n) is 1.64. The van der Waals surface area contributed by atoms with E-state index >= 15 is 0 Å². The number of benzene rings is 1. The van der Waals surface area contributed by atoms with Crippen LogP contribution < -0.4 is 9.62 Å². The van der Waals surface area contributed by atoms with Crippen molar-refractivity contribution in [1.29, 1.82) is 0 Å². The third-order valence-electron chi connectivity index (χ3n) is 2.47. The van der Waals surface area contributed by atoms with Gasteiger partial charge in [0.25, 0.3) is 0 Å². The molecule has 1 aromatic carbocycles. The van der Waals surface area contributed by atoms with Crippen molar-refractivity contribution in [3.05, 3.63) is 30.3 Å². The van der Waals surface area contributed by atoms with Gasteiger partial charge in [0, 0.05) is 25.3 Å². The fraction of sp³-hybridized carbons (Fsp3) is 0.500. The van der Waals surface area contributed by atoms with Crippen LogP contribution in [0.25, 0.3) is 0 Å². The SMILES string of the molecule is CCN(CCCNS(C)(=O)=O)c1ccccc1. The average molecular weight is 256 g/mol. The zero-order valence-corrected chi connectivity index (χ0v) is 11.2. The molecule has 0 aromatic heterocycles. The van der Waals surface area contributed by atoms with E-state index in [-0.39, 0.29) is 0 Å². The summed E-state index contributed by atoms with van der Waals surface area (Å²) in [6.07, 6.45) is 1.98. The van der Waals surface area contributed by atoms with Crippen molar-refractivity contribution in [2.24, 2.45) is 0 Å². The summed E-state index contributed by atoms with van der Waals surface area (Å²) in [7, 11) is -3.06. The van der Waals surface area contributed by atoms with E-state index in [4.69, 9.17) is 0 Å². The van der Waals surface area contributed by atoms with Crippen LogP contribution in [0, 0.1) is 0 Å². The highest BCUT2D eigenvalue weighted by atomic mass is 32.2. The molecule has 0 unspecified atom stereocenters. The molecule has 0 aliphatic heterocycles. The number of sulfonamides is 1. The molecule has 5 heteroatoms. The lowest BCUT2D eigenvalue weighted by atomic mass is 10.2. The minimum Gasteiger partial charge on any atom is -0.372 e. The number of hydrogen-bond donors (Lipinski definition) is 1. The molecule has 17 heavy (non-hydrogen) atoms. The first kappa shape index (κ1) is 14.0. The lowest BCUT2D eigenvalue weighted by Gasteiger charge is -2.22. The van der Waals surface area contributed by atoms with Gasteiger partial charge >= 0.3 is 0 Å². The quantitative estimate of drug-likeness (QED) is 0.751. The van der Waals surface area contributed by atoms with Crippen LogP contribution in [0.15, 0.2) is 30.3 Å². The largest absolute Gasteiger partial charge is 0.372 e. The van der Waals surface area contributed by atoms with Crippen LogP contribution in [0.1, 0.15) is 13.3 Å². The molecular weight excluding hydrogens is 236 g/mol. The van der Waals surface area contributed by atoms with E-state index in [1.807, 2.05) is 18.2 Å². The summed E-state index contributed by atoms with van der Waals surface area (Å²) in [5, 5.41) is 0. The molecule has 0 radical (unpaired) electrons. The van der Waals surface area contributed by atoms with Crippen LogP contribution in [-0.4, -0.2) is 34.3 Å². The van der Waals surface area contributed by atoms with Crippen LogP contribution >= 0.6 is 0 Å². The Hall–Kier alpha value is -1.07. The molecule has 1 rings (SSSR count). The summed E-state index contributed by atoms with van der Waals surface area (Å²) in [6, 6.07) is 10.1. The highest BCUT2D eigenvalue weighted by Gasteiger charge is 2.04. The van der Waals surface area contributed by atoms with E-state index < -0.39 is 10.0 Å². The van der Waals surface area contributed by atoms with Crippen LogP contribution in [-0.2, 0) is 10.0 Å². The number of rotatable bonds is 7. The van der Waals surface area contributed by atoms with Crippen LogP contribution in [0.3, 0.4) is 0 Å². The van der Waals surface area contributed by atoms with Gasteiger partial charge in [-0.05, 0) is 25.5 Å². The first-order valence-corrected chi connectivity index (χ1v) is 7.66. The van der Waals surface area contributed by atoms with Crippen molar-refractivity contribution in [3.63, 3.8) is 0 Å². The van der Waals surface area contributed by atoms with E-state index in [1.165, 1.54) is 11.9 Å². The van der Waals surface area contributed by atoms with E-state index in [2.05, 4.69) is 28.7 Å². The Kier molecular flexibility index (Phi) is 5.44. The third kappa shape index (κ3) is 5.70. The number of nitrogens with zero attached hydrogens (tertiary/aromatic N) is 1. The maximum absolute atomic E-state index is 10.9. The summed E-state index contributed by atoms with van der Waals surface area (Å²) >= 11 is 0. The van der Waals surface area contributed by atoms with Crippen molar-refractivity contribution < 1.29 is 8.42 Å². The predicted octanol–water partition coefficient (Wildman–Crippen LogP) is 1.45. The van der Waals surface area contributed by atoms with Crippen LogP contribution in [0.5, 0.6) is 0 Å². The Bertz CT molecular complexity index is 417. The Morgan fingerprint density at radius 1 is 1.24 bits per heavy atom. The molecule has 0 fully saturated rings. The lowest BCUT2D eigenvalue weighted by Crippen LogP contribution is -2.29. The second-order valence-electron chi connectivity index (χ2n) is 3.94. The van der Waals surface area contributed by atoms with E-state index in [0.29, 0.717) is 6.54 Å². The van der Waals surface area contributed by atoms with Crippen molar-refractivity contribution >= 4 is 15.7 Å². The normalized spacial score (nSPS) is 11.4. The Morgan fingerprint density at radius 2 is 1.88 bits per heavy atom. The molecule has 96 valence electrons. The van der Waals surface area contributed by atoms with Gasteiger partial charge < -0.3 is 4.90 Å². The zero-order chi connectivity index (χ0) is 12.7. The maximum atomic E-state index is 10.9. The second-order valence-corrected chi connectivity index (χ2v) is 5.77. The molecule has 0 saturated carbocycles. The standard InChI is InChI=1S/C12H20N2O2S/c1-3-14(12-8-5-4-6-9-12)11-7-10-13-17(2,15)16/h4-6,8-9,13H,3,7,10-11H2,1-2H3. The molecule has 0 spiro atoms. The average Bonchev–Trinajstić information content (AvgIpc) is 2.29. The van der Waals surface area contributed by atoms with Gasteiger partial charge in [0.15, 0.2) is 0 Å². The summed E-state index contributed by atoms with van der Waals surface area (Å²) < 4.78 is 24.3. The lowest BCUT2D eigenvalue weighted by molar-refractivity contribution is 0.584. The summed E-state index contributed by atoms with van der Waals surface area (Å²) in [6.45, 7) is 4.35. The first-order valence-electron chi connectivity index (χ1n) is 5.77. The van der Waals surface area contributed by atoms with Gasteiger partial charge in [-0.25, -0.2) is 13.1 Å². The third-order valence-corrected chi connectivity index (χ3v) is 3.20. The summed E-state index contributed by atoms with van der Waals surface area (Å²) in [5.41, 5.74) is 1.18. The van der Waals surface area contributed by atoms with Gasteiger partial charge in [-0.15, -0.1) is 0 Å². The van der Waals surface area contributed by atoms with Crippen LogP contribution in [0.4, 0.5) is 5.69 Å². The number of anilines is 1. The Labute approximate surface area is 104 Å². The molecule has 1 N–H and O–H groups in total. The molecule has 0 heterocycles. The molecule has 1 aromatic rings. The van der Waals surface area contributed by atoms with Gasteiger partial charge in [0.2, 0.25) is 10.0 Å². The monoisotopic (exact) mass is 256 g/mol. The van der Waals surface area contributed by atoms with Gasteiger partial charge in [-0.1, -0.05) is 18.2 Å². The Morgan fingerprint density at radius 3 is 2.41 bits per heavy atom. The number of nitrogens with one attached hydrogen (secondary N) is 1. The van der Waals surface area contributed by atoms with E-state index in [9.17, 15) is 8.42 Å².